The lowest BCUT2D eigenvalue weighted by Crippen LogP contribution is -2.24. The van der Waals surface area contributed by atoms with E-state index in [2.05, 4.69) is 15.1 Å². The van der Waals surface area contributed by atoms with Crippen LogP contribution in [0.2, 0.25) is 0 Å². The van der Waals surface area contributed by atoms with E-state index >= 15 is 0 Å². The van der Waals surface area contributed by atoms with Crippen LogP contribution >= 0.6 is 0 Å². The van der Waals surface area contributed by atoms with Crippen LogP contribution in [0.15, 0.2) is 59.6 Å². The van der Waals surface area contributed by atoms with Gasteiger partial charge in [-0.05, 0) is 36.8 Å². The molecule has 1 aromatic heterocycles. The molecule has 2 N–H and O–H groups in total. The van der Waals surface area contributed by atoms with Gasteiger partial charge >= 0.3 is 5.97 Å². The summed E-state index contributed by atoms with van der Waals surface area (Å²) in [5.74, 6) is -1.40. The zero-order valence-electron chi connectivity index (χ0n) is 17.9. The number of esters is 1. The summed E-state index contributed by atoms with van der Waals surface area (Å²) in [5, 5.41) is 16.0. The highest BCUT2D eigenvalue weighted by Gasteiger charge is 2.20. The van der Waals surface area contributed by atoms with Crippen molar-refractivity contribution in [1.82, 2.24) is 14.5 Å². The Morgan fingerprint density at radius 3 is 2.58 bits per heavy atom. The van der Waals surface area contributed by atoms with E-state index in [-0.39, 0.29) is 28.4 Å². The summed E-state index contributed by atoms with van der Waals surface area (Å²) in [5.41, 5.74) is 1.27. The Balaban J connectivity index is 1.74. The maximum atomic E-state index is 12.5. The van der Waals surface area contributed by atoms with E-state index in [0.717, 1.165) is 0 Å². The number of anilines is 1. The molecule has 11 heteroatoms. The first-order chi connectivity index (χ1) is 15.8. The van der Waals surface area contributed by atoms with Crippen LogP contribution in [-0.2, 0) is 19.6 Å². The van der Waals surface area contributed by atoms with Gasteiger partial charge in [-0.2, -0.15) is 10.4 Å². The first-order valence-electron chi connectivity index (χ1n) is 9.87. The number of carbonyl (C=O) groups is 2. The number of nitriles is 1. The third-order valence-electron chi connectivity index (χ3n) is 4.56. The topological polar surface area (TPSA) is 143 Å². The van der Waals surface area contributed by atoms with Crippen LogP contribution < -0.4 is 10.0 Å². The highest BCUT2D eigenvalue weighted by atomic mass is 32.2. The molecule has 0 atom stereocenters. The molecule has 0 unspecified atom stereocenters. The molecule has 0 bridgehead atoms. The second-order valence-corrected chi connectivity index (χ2v) is 8.64. The third kappa shape index (κ3) is 5.43. The molecule has 33 heavy (non-hydrogen) atoms. The molecule has 1 amide bonds. The van der Waals surface area contributed by atoms with Gasteiger partial charge in [0.25, 0.3) is 5.91 Å². The molecule has 0 saturated heterocycles. The van der Waals surface area contributed by atoms with E-state index in [1.54, 1.807) is 38.1 Å². The number of sulfonamides is 1. The van der Waals surface area contributed by atoms with Gasteiger partial charge in [0.15, 0.2) is 12.4 Å². The van der Waals surface area contributed by atoms with Gasteiger partial charge in [0.1, 0.15) is 11.6 Å². The van der Waals surface area contributed by atoms with Gasteiger partial charge < -0.3 is 10.1 Å². The van der Waals surface area contributed by atoms with Crippen molar-refractivity contribution >= 4 is 27.7 Å². The van der Waals surface area contributed by atoms with Gasteiger partial charge in [-0.3, -0.25) is 4.79 Å². The van der Waals surface area contributed by atoms with Crippen LogP contribution in [0.5, 0.6) is 0 Å². The molecule has 0 aliphatic carbocycles. The van der Waals surface area contributed by atoms with E-state index in [4.69, 9.17) is 4.74 Å². The summed E-state index contributed by atoms with van der Waals surface area (Å²) in [6.07, 6.45) is 1.31. The minimum atomic E-state index is -3.76. The smallest absolute Gasteiger partial charge is 0.338 e. The molecule has 1 heterocycles. The summed E-state index contributed by atoms with van der Waals surface area (Å²) in [6.45, 7) is 2.81. The molecule has 170 valence electrons. The molecular formula is C22H21N5O5S. The lowest BCUT2D eigenvalue weighted by atomic mass is 10.1. The summed E-state index contributed by atoms with van der Waals surface area (Å²) >= 11 is 0. The largest absolute Gasteiger partial charge is 0.452 e. The number of amides is 1. The first kappa shape index (κ1) is 23.6. The molecular weight excluding hydrogens is 446 g/mol. The van der Waals surface area contributed by atoms with E-state index in [9.17, 15) is 23.3 Å². The van der Waals surface area contributed by atoms with Crippen LogP contribution in [0.1, 0.15) is 28.4 Å². The van der Waals surface area contributed by atoms with Gasteiger partial charge in [0, 0.05) is 6.54 Å². The maximum absolute atomic E-state index is 12.5. The zero-order chi connectivity index (χ0) is 24.0. The van der Waals surface area contributed by atoms with Crippen molar-refractivity contribution in [3.05, 3.63) is 71.4 Å². The summed E-state index contributed by atoms with van der Waals surface area (Å²) in [7, 11) is -3.76. The van der Waals surface area contributed by atoms with Gasteiger partial charge in [-0.1, -0.05) is 31.2 Å². The number of aromatic nitrogens is 2. The van der Waals surface area contributed by atoms with E-state index in [0.29, 0.717) is 11.3 Å². The normalized spacial score (nSPS) is 10.9. The summed E-state index contributed by atoms with van der Waals surface area (Å²) in [4.78, 5) is 24.9. The lowest BCUT2D eigenvalue weighted by molar-refractivity contribution is -0.119. The molecule has 3 aromatic rings. The van der Waals surface area contributed by atoms with Crippen LogP contribution in [0.3, 0.4) is 0 Å². The third-order valence-corrected chi connectivity index (χ3v) is 6.10. The SMILES string of the molecule is CCNS(=O)(=O)c1ccc(C)c(C(=O)OCC(=O)Nc2c(C#N)cnn2-c2ccccc2)c1. The number of nitrogens with zero attached hydrogens (tertiary/aromatic N) is 3. The number of nitrogens with one attached hydrogen (secondary N) is 2. The van der Waals surface area contributed by atoms with E-state index in [1.807, 2.05) is 12.1 Å². The predicted molar refractivity (Wildman–Crippen MR) is 119 cm³/mol. The second-order valence-electron chi connectivity index (χ2n) is 6.87. The molecule has 2 aromatic carbocycles. The van der Waals surface area contributed by atoms with Crippen molar-refractivity contribution < 1.29 is 22.7 Å². The highest BCUT2D eigenvalue weighted by molar-refractivity contribution is 7.89. The van der Waals surface area contributed by atoms with Crippen molar-refractivity contribution in [3.8, 4) is 11.8 Å². The Hall–Kier alpha value is -4.01. The van der Waals surface area contributed by atoms with Crippen LogP contribution in [0.4, 0.5) is 5.82 Å². The predicted octanol–water partition coefficient (Wildman–Crippen LogP) is 2.15. The number of ether oxygens (including phenoxy) is 1. The van der Waals surface area contributed by atoms with Crippen molar-refractivity contribution in [3.63, 3.8) is 0 Å². The quantitative estimate of drug-likeness (QED) is 0.483. The average Bonchev–Trinajstić information content (AvgIpc) is 3.20. The Morgan fingerprint density at radius 2 is 1.91 bits per heavy atom. The molecule has 10 nitrogen and oxygen atoms in total. The minimum Gasteiger partial charge on any atom is -0.452 e. The fraction of sp³-hybridized carbons (Fsp3) is 0.182. The highest BCUT2D eigenvalue weighted by Crippen LogP contribution is 2.20. The molecule has 0 spiro atoms. The summed E-state index contributed by atoms with van der Waals surface area (Å²) in [6, 6.07) is 14.9. The fourth-order valence-electron chi connectivity index (χ4n) is 2.95. The van der Waals surface area contributed by atoms with Crippen LogP contribution in [0.25, 0.3) is 5.69 Å². The minimum absolute atomic E-state index is 0.0221. The van der Waals surface area contributed by atoms with Crippen molar-refractivity contribution in [2.24, 2.45) is 0 Å². The fourth-order valence-corrected chi connectivity index (χ4v) is 4.02. The number of aryl methyl sites for hydroxylation is 1. The number of hydrogen-bond donors (Lipinski definition) is 2. The zero-order valence-corrected chi connectivity index (χ0v) is 18.7. The molecule has 0 aliphatic heterocycles. The Kier molecular flexibility index (Phi) is 7.22. The number of rotatable bonds is 8. The van der Waals surface area contributed by atoms with Crippen molar-refractivity contribution in [1.29, 1.82) is 5.26 Å². The number of carbonyl (C=O) groups excluding carboxylic acids is 2. The first-order valence-corrected chi connectivity index (χ1v) is 11.4. The van der Waals surface area contributed by atoms with E-state index < -0.39 is 28.5 Å². The van der Waals surface area contributed by atoms with Crippen LogP contribution in [0, 0.1) is 18.3 Å². The van der Waals surface area contributed by atoms with Crippen molar-refractivity contribution in [2.75, 3.05) is 18.5 Å². The molecule has 3 rings (SSSR count). The number of benzene rings is 2. The van der Waals surface area contributed by atoms with Gasteiger partial charge in [-0.15, -0.1) is 0 Å². The number of hydrogen-bond acceptors (Lipinski definition) is 7. The second kappa shape index (κ2) is 10.1. The molecule has 0 radical (unpaired) electrons. The molecule has 0 saturated carbocycles. The average molecular weight is 468 g/mol. The van der Waals surface area contributed by atoms with E-state index in [1.165, 1.54) is 29.1 Å². The van der Waals surface area contributed by atoms with Crippen LogP contribution in [-0.4, -0.2) is 43.2 Å². The van der Waals surface area contributed by atoms with Gasteiger partial charge in [0.05, 0.1) is 22.3 Å². The monoisotopic (exact) mass is 467 g/mol. The Bertz CT molecular complexity index is 1330. The number of para-hydroxylation sites is 1. The Labute approximate surface area is 190 Å². The maximum Gasteiger partial charge on any atom is 0.338 e. The molecule has 0 fully saturated rings. The Morgan fingerprint density at radius 1 is 1.18 bits per heavy atom. The lowest BCUT2D eigenvalue weighted by Gasteiger charge is -2.11. The van der Waals surface area contributed by atoms with Crippen molar-refractivity contribution in [2.45, 2.75) is 18.7 Å². The van der Waals surface area contributed by atoms with Gasteiger partial charge in [-0.25, -0.2) is 22.6 Å². The summed E-state index contributed by atoms with van der Waals surface area (Å²) < 4.78 is 33.2. The van der Waals surface area contributed by atoms with Gasteiger partial charge in [0.2, 0.25) is 10.0 Å². The molecule has 0 aliphatic rings. The standard InChI is InChI=1S/C22H21N5O5S/c1-3-25-33(30,31)18-10-9-15(2)19(11-18)22(29)32-14-20(28)26-21-16(12-23)13-24-27(21)17-7-5-4-6-8-17/h4-11,13,25H,3,14H2,1-2H3,(H,26,28).